The van der Waals surface area contributed by atoms with Crippen LogP contribution in [0.1, 0.15) is 47.5 Å². The van der Waals surface area contributed by atoms with Crippen LogP contribution in [0.15, 0.2) is 22.5 Å². The molecule has 0 saturated heterocycles. The van der Waals surface area contributed by atoms with Gasteiger partial charge in [-0.25, -0.2) is 0 Å². The number of allylic oxidation sites excluding steroid dienone is 2. The quantitative estimate of drug-likeness (QED) is 0.599. The summed E-state index contributed by atoms with van der Waals surface area (Å²) in [5.41, 5.74) is 1.41. The van der Waals surface area contributed by atoms with Crippen LogP contribution in [0.4, 0.5) is 0 Å². The highest BCUT2D eigenvalue weighted by molar-refractivity contribution is 8.05. The van der Waals surface area contributed by atoms with Crippen molar-refractivity contribution in [1.29, 1.82) is 0 Å². The van der Waals surface area contributed by atoms with E-state index in [1.54, 1.807) is 11.8 Å². The van der Waals surface area contributed by atoms with Crippen molar-refractivity contribution in [2.45, 2.75) is 47.5 Å². The molecule has 0 fully saturated rings. The van der Waals surface area contributed by atoms with Gasteiger partial charge >= 0.3 is 0 Å². The van der Waals surface area contributed by atoms with Crippen LogP contribution < -0.4 is 0 Å². The average molecular weight is 186 g/mol. The van der Waals surface area contributed by atoms with Gasteiger partial charge < -0.3 is 0 Å². The first-order valence-electron chi connectivity index (χ1n) is 4.57. The smallest absolute Gasteiger partial charge is 0.0125 e. The first-order valence-corrected chi connectivity index (χ1v) is 5.45. The fraction of sp³-hybridized carbons (Fsp3) is 0.636. The van der Waals surface area contributed by atoms with Crippen molar-refractivity contribution in [2.75, 3.05) is 0 Å². The zero-order chi connectivity index (χ0) is 9.98. The number of hydrogen-bond donors (Lipinski definition) is 0. The molecule has 0 bridgehead atoms. The molecule has 0 radical (unpaired) electrons. The predicted molar refractivity (Wildman–Crippen MR) is 62.4 cm³/mol. The van der Waals surface area contributed by atoms with Gasteiger partial charge in [-0.05, 0) is 30.6 Å². The second-order valence-electron chi connectivity index (χ2n) is 2.77. The molecule has 0 N–H and O–H groups in total. The van der Waals surface area contributed by atoms with Gasteiger partial charge in [0.05, 0.1) is 0 Å². The lowest BCUT2D eigenvalue weighted by Crippen LogP contribution is -1.74. The Morgan fingerprint density at radius 1 is 1.25 bits per heavy atom. The molecule has 0 spiro atoms. The fourth-order valence-corrected chi connectivity index (χ4v) is 1.26. The van der Waals surface area contributed by atoms with Crippen molar-refractivity contribution in [1.82, 2.24) is 0 Å². The minimum Gasteiger partial charge on any atom is -0.103 e. The topological polar surface area (TPSA) is 0 Å². The Hall–Kier alpha value is -0.170. The first kappa shape index (κ1) is 14.4. The van der Waals surface area contributed by atoms with Crippen LogP contribution in [-0.2, 0) is 0 Å². The van der Waals surface area contributed by atoms with E-state index in [0.717, 1.165) is 6.42 Å². The summed E-state index contributed by atoms with van der Waals surface area (Å²) in [4.78, 5) is 1.44. The van der Waals surface area contributed by atoms with Gasteiger partial charge in [0.25, 0.3) is 0 Å². The van der Waals surface area contributed by atoms with E-state index in [4.69, 9.17) is 0 Å². The molecule has 12 heavy (non-hydrogen) atoms. The normalized spacial score (nSPS) is 8.08. The van der Waals surface area contributed by atoms with Gasteiger partial charge in [-0.3, -0.25) is 0 Å². The average Bonchev–Trinajstić information content (AvgIpc) is 2.01. The summed E-state index contributed by atoms with van der Waals surface area (Å²) < 4.78 is 0. The molecule has 0 atom stereocenters. The number of hydrogen-bond acceptors (Lipinski definition) is 1. The summed E-state index contributed by atoms with van der Waals surface area (Å²) in [6, 6.07) is 0. The van der Waals surface area contributed by atoms with Gasteiger partial charge in [-0.1, -0.05) is 39.3 Å². The van der Waals surface area contributed by atoms with Crippen molar-refractivity contribution in [3.8, 4) is 0 Å². The van der Waals surface area contributed by atoms with Crippen LogP contribution in [0.25, 0.3) is 0 Å². The van der Waals surface area contributed by atoms with Crippen LogP contribution in [0.2, 0.25) is 0 Å². The Labute approximate surface area is 82.1 Å². The summed E-state index contributed by atoms with van der Waals surface area (Å²) in [5, 5.41) is 1.88. The Kier molecular flexibility index (Phi) is 13.0. The molecule has 0 heterocycles. The van der Waals surface area contributed by atoms with Gasteiger partial charge in [0.1, 0.15) is 0 Å². The Morgan fingerprint density at radius 3 is 1.75 bits per heavy atom. The molecule has 0 nitrogen and oxygen atoms in total. The van der Waals surface area contributed by atoms with E-state index in [2.05, 4.69) is 41.2 Å². The maximum atomic E-state index is 3.66. The van der Waals surface area contributed by atoms with Gasteiger partial charge in [0.15, 0.2) is 0 Å². The van der Waals surface area contributed by atoms with Crippen LogP contribution in [0.5, 0.6) is 0 Å². The highest BCUT2D eigenvalue weighted by Crippen LogP contribution is 2.22. The Balaban J connectivity index is 0. The summed E-state index contributed by atoms with van der Waals surface area (Å²) in [7, 11) is 0. The molecule has 0 aromatic heterocycles. The molecular weight excluding hydrogens is 164 g/mol. The van der Waals surface area contributed by atoms with E-state index in [0.29, 0.717) is 0 Å². The second kappa shape index (κ2) is 10.8. The number of rotatable bonds is 3. The van der Waals surface area contributed by atoms with Crippen LogP contribution in [0.3, 0.4) is 0 Å². The molecule has 0 aromatic carbocycles. The monoisotopic (exact) mass is 186 g/mol. The zero-order valence-corrected chi connectivity index (χ0v) is 9.92. The molecule has 0 aliphatic rings. The number of thioether (sulfide) groups is 1. The highest BCUT2D eigenvalue weighted by atomic mass is 32.2. The second-order valence-corrected chi connectivity index (χ2v) is 3.83. The summed E-state index contributed by atoms with van der Waals surface area (Å²) in [5.74, 6) is 0. The van der Waals surface area contributed by atoms with Crippen LogP contribution in [0, 0.1) is 0 Å². The Morgan fingerprint density at radius 2 is 1.67 bits per heavy atom. The molecule has 0 unspecified atom stereocenters. The largest absolute Gasteiger partial charge is 0.103 e. The molecule has 0 aliphatic heterocycles. The van der Waals surface area contributed by atoms with Crippen molar-refractivity contribution in [2.24, 2.45) is 0 Å². The van der Waals surface area contributed by atoms with Crippen molar-refractivity contribution >= 4 is 11.8 Å². The van der Waals surface area contributed by atoms with Gasteiger partial charge in [-0.2, -0.15) is 0 Å². The molecule has 0 rings (SSSR count). The molecule has 0 aromatic rings. The lowest BCUT2D eigenvalue weighted by Gasteiger charge is -2.00. The van der Waals surface area contributed by atoms with Gasteiger partial charge in [0.2, 0.25) is 0 Å². The van der Waals surface area contributed by atoms with E-state index in [9.17, 15) is 0 Å². The maximum absolute atomic E-state index is 3.66. The highest BCUT2D eigenvalue weighted by Gasteiger charge is 1.92. The van der Waals surface area contributed by atoms with Crippen molar-refractivity contribution < 1.29 is 0 Å². The Bertz CT molecular complexity index is 130. The zero-order valence-electron chi connectivity index (χ0n) is 9.11. The first-order chi connectivity index (χ1) is 5.63. The minimum atomic E-state index is 1.12. The van der Waals surface area contributed by atoms with Crippen LogP contribution >= 0.6 is 11.8 Å². The van der Waals surface area contributed by atoms with E-state index < -0.39 is 0 Å². The van der Waals surface area contributed by atoms with Crippen molar-refractivity contribution in [3.05, 3.63) is 22.5 Å². The fourth-order valence-electron chi connectivity index (χ4n) is 0.655. The SMILES string of the molecule is C=CSC(CC)=C(C)C.CCC. The summed E-state index contributed by atoms with van der Waals surface area (Å²) >= 11 is 1.73. The minimum absolute atomic E-state index is 1.12. The molecule has 0 aliphatic carbocycles. The standard InChI is InChI=1S/C8H14S.C3H8/c1-5-8(7(3)4)9-6-2;1-3-2/h6H,2,5H2,1,3-4H3;3H2,1-2H3. The lowest BCUT2D eigenvalue weighted by molar-refractivity contribution is 1.09. The van der Waals surface area contributed by atoms with Crippen LogP contribution in [-0.4, -0.2) is 0 Å². The molecule has 0 saturated carbocycles. The lowest BCUT2D eigenvalue weighted by atomic mass is 10.3. The van der Waals surface area contributed by atoms with E-state index >= 15 is 0 Å². The van der Waals surface area contributed by atoms with Gasteiger partial charge in [0, 0.05) is 0 Å². The molecule has 72 valence electrons. The van der Waals surface area contributed by atoms with Crippen molar-refractivity contribution in [3.63, 3.8) is 0 Å². The van der Waals surface area contributed by atoms with Gasteiger partial charge in [-0.15, -0.1) is 11.8 Å². The maximum Gasteiger partial charge on any atom is -0.0125 e. The molecule has 0 amide bonds. The third-order valence-corrected chi connectivity index (χ3v) is 2.25. The third kappa shape index (κ3) is 9.83. The van der Waals surface area contributed by atoms with E-state index in [1.807, 2.05) is 5.41 Å². The summed E-state index contributed by atoms with van der Waals surface area (Å²) in [6.07, 6.45) is 2.37. The van der Waals surface area contributed by atoms with E-state index in [1.165, 1.54) is 16.9 Å². The third-order valence-electron chi connectivity index (χ3n) is 1.10. The molecule has 1 heteroatoms. The molecular formula is C11H22S. The predicted octanol–water partition coefficient (Wildman–Crippen LogP) is 4.98. The van der Waals surface area contributed by atoms with E-state index in [-0.39, 0.29) is 0 Å². The summed E-state index contributed by atoms with van der Waals surface area (Å²) in [6.45, 7) is 14.3.